The van der Waals surface area contributed by atoms with Gasteiger partial charge in [0.15, 0.2) is 11.6 Å². The normalized spacial score (nSPS) is 18.5. The smallest absolute Gasteiger partial charge is 0.252 e. The van der Waals surface area contributed by atoms with Crippen LogP contribution in [0.15, 0.2) is 89.0 Å². The highest BCUT2D eigenvalue weighted by Gasteiger charge is 2.53. The number of aliphatic imine (C=N–C) groups is 1. The second-order valence-corrected chi connectivity index (χ2v) is 9.58. The number of ether oxygens (including phenoxy) is 2. The fourth-order valence-electron chi connectivity index (χ4n) is 4.62. The third-order valence-electron chi connectivity index (χ3n) is 6.72. The molecule has 0 fully saturated rings. The number of nitrogens with one attached hydrogen (secondary N) is 1. The number of hydrogen-bond acceptors (Lipinski definition) is 8. The first-order chi connectivity index (χ1) is 20.0. The largest absolute Gasteiger partial charge is 0.494 e. The minimum Gasteiger partial charge on any atom is -0.494 e. The number of carbonyl (C=O) groups is 1. The molecule has 4 N–H and O–H groups in total. The highest BCUT2D eigenvalue weighted by molar-refractivity contribution is 6.01. The quantitative estimate of drug-likeness (QED) is 0.102. The lowest BCUT2D eigenvalue weighted by atomic mass is 9.81. The Morgan fingerprint density at radius 1 is 1.07 bits per heavy atom. The molecule has 0 aromatic heterocycles. The molecule has 0 saturated carbocycles. The summed E-state index contributed by atoms with van der Waals surface area (Å²) in [6.45, 7) is -0.179. The lowest BCUT2D eigenvalue weighted by molar-refractivity contribution is -0.129. The van der Waals surface area contributed by atoms with Crippen LogP contribution >= 0.6 is 0 Å². The molecule has 4 rings (SSSR count). The molecule has 0 radical (unpaired) electrons. The number of benzene rings is 3. The average Bonchev–Trinajstić information content (AvgIpc) is 3.40. The third kappa shape index (κ3) is 7.22. The number of hydrogen-bond donors (Lipinski definition) is 4. The van der Waals surface area contributed by atoms with E-state index in [9.17, 15) is 15.0 Å². The number of carbonyl (C=O) groups excluding carboxylic acids is 1. The predicted molar refractivity (Wildman–Crippen MR) is 152 cm³/mol. The summed E-state index contributed by atoms with van der Waals surface area (Å²) in [5.41, 5.74) is 10.2. The van der Waals surface area contributed by atoms with E-state index in [1.165, 1.54) is 0 Å². The second-order valence-electron chi connectivity index (χ2n) is 9.58. The lowest BCUT2D eigenvalue weighted by Gasteiger charge is -2.31. The molecule has 1 aliphatic rings. The summed E-state index contributed by atoms with van der Waals surface area (Å²) in [6, 6.07) is 23.7. The number of amides is 1. The zero-order valence-electron chi connectivity index (χ0n) is 22.5. The third-order valence-corrected chi connectivity index (χ3v) is 6.72. The maximum absolute atomic E-state index is 14.1. The number of rotatable bonds is 14. The molecule has 1 unspecified atom stereocenters. The molecule has 11 heteroatoms. The second kappa shape index (κ2) is 14.3. The molecule has 214 valence electrons. The fraction of sp³-hybridized carbons (Fsp3) is 0.333. The van der Waals surface area contributed by atoms with Crippen LogP contribution in [0.3, 0.4) is 0 Å². The van der Waals surface area contributed by atoms with Gasteiger partial charge in [-0.2, -0.15) is 0 Å². The summed E-state index contributed by atoms with van der Waals surface area (Å²) in [6.07, 6.45) is -1.36. The standard InChI is InChI=1S/C30H33N5O6/c31-35-33-18-24-10-5-4-9-23(24)17-30(29(39)32-19-25(38)20-37)27(21-7-2-1-3-8-21)41-28(34-30)22-11-13-26(14-12-22)40-16-6-15-36/h1-5,7-14,25,27,36-38H,6,15-20H2,(H,32,39)/t25?,27-,30-/m0/s1. The van der Waals surface area contributed by atoms with Gasteiger partial charge in [-0.1, -0.05) is 59.7 Å². The zero-order valence-corrected chi connectivity index (χ0v) is 22.5. The molecule has 3 aromatic rings. The monoisotopic (exact) mass is 559 g/mol. The van der Waals surface area contributed by atoms with Crippen LogP contribution in [0.2, 0.25) is 0 Å². The first kappa shape index (κ1) is 29.6. The molecular formula is C30H33N5O6. The number of nitrogens with zero attached hydrogens (tertiary/aromatic N) is 4. The van der Waals surface area contributed by atoms with Crippen LogP contribution in [-0.4, -0.2) is 65.1 Å². The molecule has 1 aliphatic heterocycles. The highest BCUT2D eigenvalue weighted by atomic mass is 16.5. The van der Waals surface area contributed by atoms with Gasteiger partial charge in [0.25, 0.3) is 5.91 Å². The summed E-state index contributed by atoms with van der Waals surface area (Å²) in [7, 11) is 0. The van der Waals surface area contributed by atoms with E-state index in [1.807, 2.05) is 54.6 Å². The zero-order chi connectivity index (χ0) is 29.1. The lowest BCUT2D eigenvalue weighted by Crippen LogP contribution is -2.51. The number of azide groups is 1. The van der Waals surface area contributed by atoms with Crippen molar-refractivity contribution in [1.82, 2.24) is 5.32 Å². The SMILES string of the molecule is [N-]=[N+]=NCc1ccccc1C[C@]1(C(=O)NCC(O)CO)N=C(c2ccc(OCCCO)cc2)O[C@H]1c1ccccc1. The summed E-state index contributed by atoms with van der Waals surface area (Å²) in [4.78, 5) is 21.9. The molecule has 3 aromatic carbocycles. The fourth-order valence-corrected chi connectivity index (χ4v) is 4.62. The van der Waals surface area contributed by atoms with E-state index in [1.54, 1.807) is 24.3 Å². The first-order valence-corrected chi connectivity index (χ1v) is 13.3. The topological polar surface area (TPSA) is 169 Å². The van der Waals surface area contributed by atoms with Gasteiger partial charge in [0.05, 0.1) is 25.9 Å². The van der Waals surface area contributed by atoms with E-state index >= 15 is 0 Å². The Labute approximate surface area is 237 Å². The molecule has 0 saturated heterocycles. The van der Waals surface area contributed by atoms with Crippen molar-refractivity contribution >= 4 is 11.8 Å². The Kier molecular flexibility index (Phi) is 10.3. The van der Waals surface area contributed by atoms with Crippen molar-refractivity contribution in [2.24, 2.45) is 10.1 Å². The van der Waals surface area contributed by atoms with E-state index in [0.29, 0.717) is 24.3 Å². The first-order valence-electron chi connectivity index (χ1n) is 13.3. The van der Waals surface area contributed by atoms with Crippen LogP contribution in [0.4, 0.5) is 0 Å². The Hall–Kier alpha value is -4.41. The molecule has 41 heavy (non-hydrogen) atoms. The van der Waals surface area contributed by atoms with Gasteiger partial charge in [-0.3, -0.25) is 4.79 Å². The van der Waals surface area contributed by atoms with Crippen LogP contribution in [-0.2, 0) is 22.5 Å². The molecule has 11 nitrogen and oxygen atoms in total. The van der Waals surface area contributed by atoms with Crippen molar-refractivity contribution in [3.8, 4) is 5.75 Å². The Balaban J connectivity index is 1.79. The van der Waals surface area contributed by atoms with E-state index in [2.05, 4.69) is 15.3 Å². The van der Waals surface area contributed by atoms with Crippen molar-refractivity contribution < 1.29 is 29.6 Å². The summed E-state index contributed by atoms with van der Waals surface area (Å²) < 4.78 is 12.1. The van der Waals surface area contributed by atoms with Gasteiger partial charge in [-0.15, -0.1) is 0 Å². The maximum Gasteiger partial charge on any atom is 0.252 e. The number of aliphatic hydroxyl groups is 3. The van der Waals surface area contributed by atoms with Gasteiger partial charge < -0.3 is 30.1 Å². The van der Waals surface area contributed by atoms with Crippen LogP contribution in [0.25, 0.3) is 10.4 Å². The van der Waals surface area contributed by atoms with Crippen LogP contribution in [0, 0.1) is 0 Å². The highest BCUT2D eigenvalue weighted by Crippen LogP contribution is 2.43. The maximum atomic E-state index is 14.1. The van der Waals surface area contributed by atoms with Crippen molar-refractivity contribution in [3.05, 3.63) is 112 Å². The van der Waals surface area contributed by atoms with Gasteiger partial charge in [-0.05, 0) is 46.5 Å². The minimum atomic E-state index is -1.51. The van der Waals surface area contributed by atoms with Crippen molar-refractivity contribution in [1.29, 1.82) is 0 Å². The minimum absolute atomic E-state index is 0.0368. The summed E-state index contributed by atoms with van der Waals surface area (Å²) in [5, 5.41) is 34.8. The van der Waals surface area contributed by atoms with Gasteiger partial charge in [0.1, 0.15) is 5.75 Å². The molecule has 0 spiro atoms. The molecule has 1 amide bonds. The van der Waals surface area contributed by atoms with Crippen molar-refractivity contribution in [2.75, 3.05) is 26.4 Å². The van der Waals surface area contributed by atoms with Crippen LogP contribution < -0.4 is 10.1 Å². The van der Waals surface area contributed by atoms with Gasteiger partial charge in [0.2, 0.25) is 5.90 Å². The van der Waals surface area contributed by atoms with Gasteiger partial charge in [-0.25, -0.2) is 4.99 Å². The van der Waals surface area contributed by atoms with Gasteiger partial charge in [0, 0.05) is 36.5 Å². The van der Waals surface area contributed by atoms with E-state index in [4.69, 9.17) is 25.1 Å². The van der Waals surface area contributed by atoms with Crippen molar-refractivity contribution in [3.63, 3.8) is 0 Å². The Morgan fingerprint density at radius 2 is 1.78 bits per heavy atom. The average molecular weight is 560 g/mol. The van der Waals surface area contributed by atoms with E-state index < -0.39 is 30.3 Å². The van der Waals surface area contributed by atoms with Crippen molar-refractivity contribution in [2.45, 2.75) is 37.1 Å². The predicted octanol–water partition coefficient (Wildman–Crippen LogP) is 3.23. The molecule has 0 aliphatic carbocycles. The summed E-state index contributed by atoms with van der Waals surface area (Å²) in [5.74, 6) is 0.386. The van der Waals surface area contributed by atoms with E-state index in [0.717, 1.165) is 16.7 Å². The summed E-state index contributed by atoms with van der Waals surface area (Å²) >= 11 is 0. The van der Waals surface area contributed by atoms with Crippen LogP contribution in [0.5, 0.6) is 5.75 Å². The van der Waals surface area contributed by atoms with Gasteiger partial charge >= 0.3 is 0 Å². The molecular weight excluding hydrogens is 526 g/mol. The Morgan fingerprint density at radius 3 is 2.46 bits per heavy atom. The number of aliphatic hydroxyl groups excluding tert-OH is 3. The molecule has 1 heterocycles. The van der Waals surface area contributed by atoms with E-state index in [-0.39, 0.29) is 32.0 Å². The molecule has 0 bridgehead atoms. The Bertz CT molecular complexity index is 1380. The van der Waals surface area contributed by atoms with Crippen LogP contribution in [0.1, 0.15) is 34.8 Å². The molecule has 3 atom stereocenters.